The van der Waals surface area contributed by atoms with Gasteiger partial charge in [0.15, 0.2) is 0 Å². The molecule has 2 heterocycles. The van der Waals surface area contributed by atoms with Crippen LogP contribution in [0.3, 0.4) is 0 Å². The van der Waals surface area contributed by atoms with Gasteiger partial charge in [-0.1, -0.05) is 0 Å². The van der Waals surface area contributed by atoms with Crippen molar-refractivity contribution in [1.82, 2.24) is 9.27 Å². The Bertz CT molecular complexity index is 415. The van der Waals surface area contributed by atoms with E-state index in [4.69, 9.17) is 5.26 Å². The third kappa shape index (κ3) is 2.76. The van der Waals surface area contributed by atoms with Crippen molar-refractivity contribution in [2.75, 3.05) is 25.0 Å². The van der Waals surface area contributed by atoms with Crippen molar-refractivity contribution in [3.8, 4) is 6.07 Å². The van der Waals surface area contributed by atoms with Crippen LogP contribution in [0, 0.1) is 18.3 Å². The lowest BCUT2D eigenvalue weighted by atomic mass is 10.2. The van der Waals surface area contributed by atoms with E-state index >= 15 is 0 Å². The number of hydrogen-bond acceptors (Lipinski definition) is 5. The summed E-state index contributed by atoms with van der Waals surface area (Å²) in [5.41, 5.74) is 1.53. The molecule has 1 unspecified atom stereocenters. The topological polar surface area (TPSA) is 52.0 Å². The zero-order chi connectivity index (χ0) is 12.3. The highest BCUT2D eigenvalue weighted by molar-refractivity contribution is 7.10. The van der Waals surface area contributed by atoms with E-state index in [9.17, 15) is 0 Å². The quantitative estimate of drug-likeness (QED) is 0.890. The maximum Gasteiger partial charge on any atom is 0.127 e. The van der Waals surface area contributed by atoms with Crippen molar-refractivity contribution in [3.63, 3.8) is 0 Å². The molecular weight excluding hydrogens is 232 g/mol. The van der Waals surface area contributed by atoms with Crippen LogP contribution in [0.4, 0.5) is 5.00 Å². The second-order valence-corrected chi connectivity index (χ2v) is 5.33. The summed E-state index contributed by atoms with van der Waals surface area (Å²) in [7, 11) is 0. The van der Waals surface area contributed by atoms with Gasteiger partial charge in [-0.3, -0.25) is 4.90 Å². The first-order chi connectivity index (χ1) is 8.22. The molecule has 1 aliphatic heterocycles. The normalized spacial score (nSPS) is 17.9. The Labute approximate surface area is 106 Å². The van der Waals surface area contributed by atoms with Crippen LogP contribution in [0.15, 0.2) is 0 Å². The summed E-state index contributed by atoms with van der Waals surface area (Å²) in [4.78, 5) is 2.49. The standard InChI is InChI=1S/C12H18N4S/c1-9(16-5-3-4-6-16)8-14-12-11(7-13)10(2)15-17-12/h9,14H,3-6,8H2,1-2H3. The van der Waals surface area contributed by atoms with E-state index in [1.807, 2.05) is 6.92 Å². The largest absolute Gasteiger partial charge is 0.373 e. The fourth-order valence-electron chi connectivity index (χ4n) is 2.17. The predicted molar refractivity (Wildman–Crippen MR) is 70.3 cm³/mol. The second-order valence-electron chi connectivity index (χ2n) is 4.56. The van der Waals surface area contributed by atoms with Gasteiger partial charge >= 0.3 is 0 Å². The van der Waals surface area contributed by atoms with Gasteiger partial charge in [0.2, 0.25) is 0 Å². The zero-order valence-corrected chi connectivity index (χ0v) is 11.2. The molecule has 0 radical (unpaired) electrons. The predicted octanol–water partition coefficient (Wildman–Crippen LogP) is 2.22. The number of nitrogens with zero attached hydrogens (tertiary/aromatic N) is 3. The molecule has 2 rings (SSSR count). The van der Waals surface area contributed by atoms with Gasteiger partial charge in [0.05, 0.1) is 5.69 Å². The molecule has 0 bridgehead atoms. The molecular formula is C12H18N4S. The van der Waals surface area contributed by atoms with E-state index in [2.05, 4.69) is 27.6 Å². The average Bonchev–Trinajstić information content (AvgIpc) is 2.95. The summed E-state index contributed by atoms with van der Waals surface area (Å²) in [6.45, 7) is 7.41. The van der Waals surface area contributed by atoms with Crippen LogP contribution in [-0.2, 0) is 0 Å². The fourth-order valence-corrected chi connectivity index (χ4v) is 2.93. The fraction of sp³-hybridized carbons (Fsp3) is 0.667. The van der Waals surface area contributed by atoms with E-state index in [-0.39, 0.29) is 0 Å². The van der Waals surface area contributed by atoms with Crippen molar-refractivity contribution in [2.24, 2.45) is 0 Å². The highest BCUT2D eigenvalue weighted by Crippen LogP contribution is 2.23. The lowest BCUT2D eigenvalue weighted by Crippen LogP contribution is -2.35. The van der Waals surface area contributed by atoms with Gasteiger partial charge in [0.1, 0.15) is 16.6 Å². The van der Waals surface area contributed by atoms with Gasteiger partial charge in [0, 0.05) is 12.6 Å². The first-order valence-electron chi connectivity index (χ1n) is 6.06. The van der Waals surface area contributed by atoms with Gasteiger partial charge < -0.3 is 5.32 Å². The van der Waals surface area contributed by atoms with E-state index in [0.29, 0.717) is 11.6 Å². The Kier molecular flexibility index (Phi) is 3.97. The molecule has 0 spiro atoms. The number of likely N-dealkylation sites (tertiary alicyclic amines) is 1. The van der Waals surface area contributed by atoms with E-state index in [1.165, 1.54) is 37.5 Å². The van der Waals surface area contributed by atoms with Crippen LogP contribution in [0.1, 0.15) is 31.0 Å². The average molecular weight is 250 g/mol. The summed E-state index contributed by atoms with van der Waals surface area (Å²) in [6, 6.07) is 2.73. The van der Waals surface area contributed by atoms with Gasteiger partial charge in [-0.05, 0) is 51.3 Å². The summed E-state index contributed by atoms with van der Waals surface area (Å²) in [5.74, 6) is 0. The molecule has 0 aromatic carbocycles. The SMILES string of the molecule is Cc1nsc(NCC(C)N2CCCC2)c1C#N. The molecule has 0 aliphatic carbocycles. The lowest BCUT2D eigenvalue weighted by Gasteiger charge is -2.23. The zero-order valence-electron chi connectivity index (χ0n) is 10.4. The van der Waals surface area contributed by atoms with Crippen LogP contribution in [0.5, 0.6) is 0 Å². The number of nitrogens with one attached hydrogen (secondary N) is 1. The minimum atomic E-state index is 0.520. The molecule has 17 heavy (non-hydrogen) atoms. The van der Waals surface area contributed by atoms with E-state index < -0.39 is 0 Å². The molecule has 1 aromatic heterocycles. The van der Waals surface area contributed by atoms with E-state index in [0.717, 1.165) is 17.2 Å². The molecule has 1 fully saturated rings. The molecule has 92 valence electrons. The van der Waals surface area contributed by atoms with Gasteiger partial charge in [-0.2, -0.15) is 9.64 Å². The summed E-state index contributed by atoms with van der Waals surface area (Å²) in [6.07, 6.45) is 2.63. The first-order valence-corrected chi connectivity index (χ1v) is 6.84. The molecule has 4 nitrogen and oxygen atoms in total. The van der Waals surface area contributed by atoms with Crippen LogP contribution in [0.2, 0.25) is 0 Å². The molecule has 1 saturated heterocycles. The lowest BCUT2D eigenvalue weighted by molar-refractivity contribution is 0.269. The number of hydrogen-bond donors (Lipinski definition) is 1. The first kappa shape index (κ1) is 12.3. The smallest absolute Gasteiger partial charge is 0.127 e. The van der Waals surface area contributed by atoms with E-state index in [1.54, 1.807) is 0 Å². The van der Waals surface area contributed by atoms with Crippen molar-refractivity contribution < 1.29 is 0 Å². The molecule has 1 N–H and O–H groups in total. The number of rotatable bonds is 4. The van der Waals surface area contributed by atoms with Crippen LogP contribution >= 0.6 is 11.5 Å². The van der Waals surface area contributed by atoms with Crippen LogP contribution in [-0.4, -0.2) is 34.9 Å². The Balaban J connectivity index is 1.91. The van der Waals surface area contributed by atoms with Gasteiger partial charge in [-0.25, -0.2) is 0 Å². The number of aromatic nitrogens is 1. The minimum Gasteiger partial charge on any atom is -0.373 e. The number of anilines is 1. The van der Waals surface area contributed by atoms with Crippen molar-refractivity contribution in [1.29, 1.82) is 5.26 Å². The summed E-state index contributed by atoms with van der Waals surface area (Å²) >= 11 is 1.38. The molecule has 1 aliphatic rings. The Morgan fingerprint density at radius 3 is 2.88 bits per heavy atom. The summed E-state index contributed by atoms with van der Waals surface area (Å²) < 4.78 is 4.21. The van der Waals surface area contributed by atoms with Crippen LogP contribution in [0.25, 0.3) is 0 Å². The Morgan fingerprint density at radius 2 is 2.24 bits per heavy atom. The monoisotopic (exact) mass is 250 g/mol. The number of aryl methyl sites for hydroxylation is 1. The molecule has 1 aromatic rings. The molecule has 0 saturated carbocycles. The Hall–Kier alpha value is -1.12. The van der Waals surface area contributed by atoms with Gasteiger partial charge in [0.25, 0.3) is 0 Å². The molecule has 0 amide bonds. The minimum absolute atomic E-state index is 0.520. The highest BCUT2D eigenvalue weighted by Gasteiger charge is 2.18. The Morgan fingerprint density at radius 1 is 1.53 bits per heavy atom. The van der Waals surface area contributed by atoms with Crippen molar-refractivity contribution >= 4 is 16.5 Å². The van der Waals surface area contributed by atoms with Crippen molar-refractivity contribution in [2.45, 2.75) is 32.7 Å². The molecule has 1 atom stereocenters. The maximum absolute atomic E-state index is 9.03. The molecule has 5 heteroatoms. The van der Waals surface area contributed by atoms with Gasteiger partial charge in [-0.15, -0.1) is 0 Å². The summed E-state index contributed by atoms with van der Waals surface area (Å²) in [5, 5.41) is 13.3. The highest BCUT2D eigenvalue weighted by atomic mass is 32.1. The maximum atomic E-state index is 9.03. The third-order valence-corrected chi connectivity index (χ3v) is 4.19. The second kappa shape index (κ2) is 5.48. The van der Waals surface area contributed by atoms with Crippen molar-refractivity contribution in [3.05, 3.63) is 11.3 Å². The number of nitriles is 1. The third-order valence-electron chi connectivity index (χ3n) is 3.30. The van der Waals surface area contributed by atoms with Crippen LogP contribution < -0.4 is 5.32 Å².